The predicted molar refractivity (Wildman–Crippen MR) is 63.6 cm³/mol. The van der Waals surface area contributed by atoms with Crippen LogP contribution in [0.3, 0.4) is 0 Å². The second-order valence-electron chi connectivity index (χ2n) is 3.61. The van der Waals surface area contributed by atoms with Gasteiger partial charge in [-0.1, -0.05) is 18.2 Å². The number of nitrogens with zero attached hydrogens (tertiary/aromatic N) is 1. The maximum absolute atomic E-state index is 8.67. The SMILES string of the molecule is OCCCCOc1cccc2cccnc12. The van der Waals surface area contributed by atoms with E-state index in [9.17, 15) is 0 Å². The van der Waals surface area contributed by atoms with E-state index in [-0.39, 0.29) is 6.61 Å². The van der Waals surface area contributed by atoms with Crippen LogP contribution in [0.4, 0.5) is 0 Å². The molecule has 16 heavy (non-hydrogen) atoms. The molecule has 1 heterocycles. The van der Waals surface area contributed by atoms with Crippen molar-refractivity contribution in [3.8, 4) is 5.75 Å². The first-order valence-electron chi connectivity index (χ1n) is 5.49. The molecule has 0 atom stereocenters. The van der Waals surface area contributed by atoms with Crippen molar-refractivity contribution in [1.82, 2.24) is 4.98 Å². The smallest absolute Gasteiger partial charge is 0.145 e. The molecule has 1 N–H and O–H groups in total. The highest BCUT2D eigenvalue weighted by molar-refractivity contribution is 5.84. The minimum absolute atomic E-state index is 0.219. The number of fused-ring (bicyclic) bond motifs is 1. The van der Waals surface area contributed by atoms with Crippen molar-refractivity contribution in [2.24, 2.45) is 0 Å². The molecule has 0 aliphatic rings. The number of ether oxygens (including phenoxy) is 1. The number of unbranched alkanes of at least 4 members (excludes halogenated alkanes) is 1. The van der Waals surface area contributed by atoms with Gasteiger partial charge in [-0.2, -0.15) is 0 Å². The zero-order valence-electron chi connectivity index (χ0n) is 9.10. The van der Waals surface area contributed by atoms with Crippen LogP contribution < -0.4 is 4.74 Å². The Bertz CT molecular complexity index is 451. The van der Waals surface area contributed by atoms with Crippen LogP contribution in [0.2, 0.25) is 0 Å². The van der Waals surface area contributed by atoms with Crippen molar-refractivity contribution in [3.63, 3.8) is 0 Å². The van der Waals surface area contributed by atoms with Crippen molar-refractivity contribution < 1.29 is 9.84 Å². The summed E-state index contributed by atoms with van der Waals surface area (Å²) in [5.74, 6) is 0.816. The third kappa shape index (κ3) is 2.49. The molecule has 0 aliphatic carbocycles. The summed E-state index contributed by atoms with van der Waals surface area (Å²) in [6.07, 6.45) is 3.40. The van der Waals surface area contributed by atoms with Crippen LogP contribution in [0, 0.1) is 0 Å². The number of aromatic nitrogens is 1. The highest BCUT2D eigenvalue weighted by Gasteiger charge is 2.01. The van der Waals surface area contributed by atoms with Gasteiger partial charge in [0, 0.05) is 18.2 Å². The van der Waals surface area contributed by atoms with Gasteiger partial charge in [-0.25, -0.2) is 0 Å². The van der Waals surface area contributed by atoms with E-state index in [1.54, 1.807) is 6.20 Å². The lowest BCUT2D eigenvalue weighted by Crippen LogP contribution is -1.99. The molecule has 3 nitrogen and oxygen atoms in total. The van der Waals surface area contributed by atoms with Gasteiger partial charge in [0.05, 0.1) is 6.61 Å². The molecule has 0 amide bonds. The van der Waals surface area contributed by atoms with E-state index in [0.29, 0.717) is 6.61 Å². The zero-order chi connectivity index (χ0) is 11.2. The first kappa shape index (κ1) is 10.9. The van der Waals surface area contributed by atoms with Gasteiger partial charge in [0.1, 0.15) is 11.3 Å². The monoisotopic (exact) mass is 217 g/mol. The fourth-order valence-corrected chi connectivity index (χ4v) is 1.59. The topological polar surface area (TPSA) is 42.4 Å². The first-order chi connectivity index (χ1) is 7.92. The molecule has 0 unspecified atom stereocenters. The number of benzene rings is 1. The van der Waals surface area contributed by atoms with Crippen LogP contribution in [0.25, 0.3) is 10.9 Å². The molecule has 2 rings (SSSR count). The quantitative estimate of drug-likeness (QED) is 0.782. The van der Waals surface area contributed by atoms with Crippen LogP contribution in [0.1, 0.15) is 12.8 Å². The number of hydrogen-bond acceptors (Lipinski definition) is 3. The van der Waals surface area contributed by atoms with Gasteiger partial charge in [-0.05, 0) is 25.0 Å². The average molecular weight is 217 g/mol. The highest BCUT2D eigenvalue weighted by atomic mass is 16.5. The van der Waals surface area contributed by atoms with E-state index < -0.39 is 0 Å². The van der Waals surface area contributed by atoms with E-state index in [2.05, 4.69) is 4.98 Å². The van der Waals surface area contributed by atoms with Gasteiger partial charge < -0.3 is 9.84 Å². The van der Waals surface area contributed by atoms with E-state index in [0.717, 1.165) is 29.5 Å². The maximum atomic E-state index is 8.67. The summed E-state index contributed by atoms with van der Waals surface area (Å²) in [7, 11) is 0. The molecule has 0 aliphatic heterocycles. The van der Waals surface area contributed by atoms with E-state index in [4.69, 9.17) is 9.84 Å². The first-order valence-corrected chi connectivity index (χ1v) is 5.49. The molecule has 0 fully saturated rings. The van der Waals surface area contributed by atoms with Crippen LogP contribution >= 0.6 is 0 Å². The summed E-state index contributed by atoms with van der Waals surface area (Å²) in [5.41, 5.74) is 0.897. The standard InChI is InChI=1S/C13H15NO2/c15-9-1-2-10-16-12-7-3-5-11-6-4-8-14-13(11)12/h3-8,15H,1-2,9-10H2. The molecule has 84 valence electrons. The highest BCUT2D eigenvalue weighted by Crippen LogP contribution is 2.22. The van der Waals surface area contributed by atoms with Gasteiger partial charge in [-0.3, -0.25) is 4.98 Å². The van der Waals surface area contributed by atoms with E-state index >= 15 is 0 Å². The molecule has 0 saturated carbocycles. The zero-order valence-corrected chi connectivity index (χ0v) is 9.10. The molecule has 1 aromatic carbocycles. The molecule has 0 bridgehead atoms. The number of hydrogen-bond donors (Lipinski definition) is 1. The maximum Gasteiger partial charge on any atom is 0.145 e. The average Bonchev–Trinajstić information content (AvgIpc) is 2.35. The summed E-state index contributed by atoms with van der Waals surface area (Å²) in [6.45, 7) is 0.841. The van der Waals surface area contributed by atoms with Crippen molar-refractivity contribution in [3.05, 3.63) is 36.5 Å². The lowest BCUT2D eigenvalue weighted by molar-refractivity contribution is 0.254. The van der Waals surface area contributed by atoms with Crippen molar-refractivity contribution >= 4 is 10.9 Å². The van der Waals surface area contributed by atoms with Crippen LogP contribution in [-0.4, -0.2) is 23.3 Å². The second-order valence-corrected chi connectivity index (χ2v) is 3.61. The molecule has 0 saturated heterocycles. The number of para-hydroxylation sites is 1. The Kier molecular flexibility index (Phi) is 3.72. The lowest BCUT2D eigenvalue weighted by atomic mass is 10.2. The van der Waals surface area contributed by atoms with E-state index in [1.807, 2.05) is 30.3 Å². The lowest BCUT2D eigenvalue weighted by Gasteiger charge is -2.07. The van der Waals surface area contributed by atoms with Gasteiger partial charge in [-0.15, -0.1) is 0 Å². The summed E-state index contributed by atoms with van der Waals surface area (Å²) in [4.78, 5) is 4.31. The normalized spacial score (nSPS) is 10.6. The minimum Gasteiger partial charge on any atom is -0.491 e. The fraction of sp³-hybridized carbons (Fsp3) is 0.308. The Morgan fingerprint density at radius 2 is 2.00 bits per heavy atom. The van der Waals surface area contributed by atoms with Gasteiger partial charge in [0.2, 0.25) is 0 Å². The molecule has 1 aromatic heterocycles. The predicted octanol–water partition coefficient (Wildman–Crippen LogP) is 2.39. The third-order valence-electron chi connectivity index (χ3n) is 2.41. The molecule has 0 radical (unpaired) electrons. The van der Waals surface area contributed by atoms with Crippen molar-refractivity contribution in [2.45, 2.75) is 12.8 Å². The molecule has 2 aromatic rings. The van der Waals surface area contributed by atoms with Gasteiger partial charge in [0.25, 0.3) is 0 Å². The molecule has 3 heteroatoms. The summed E-state index contributed by atoms with van der Waals surface area (Å²) in [6, 6.07) is 9.84. The number of aliphatic hydroxyl groups excluding tert-OH is 1. The Balaban J connectivity index is 2.11. The number of pyridine rings is 1. The van der Waals surface area contributed by atoms with E-state index in [1.165, 1.54) is 0 Å². The molecular formula is C13H15NO2. The largest absolute Gasteiger partial charge is 0.491 e. The van der Waals surface area contributed by atoms with Gasteiger partial charge >= 0.3 is 0 Å². The molecule has 0 spiro atoms. The summed E-state index contributed by atoms with van der Waals surface area (Å²) >= 11 is 0. The number of aliphatic hydroxyl groups is 1. The second kappa shape index (κ2) is 5.47. The van der Waals surface area contributed by atoms with Crippen LogP contribution in [0.5, 0.6) is 5.75 Å². The van der Waals surface area contributed by atoms with Crippen LogP contribution in [0.15, 0.2) is 36.5 Å². The van der Waals surface area contributed by atoms with Crippen LogP contribution in [-0.2, 0) is 0 Å². The molecular weight excluding hydrogens is 202 g/mol. The summed E-state index contributed by atoms with van der Waals surface area (Å²) < 4.78 is 5.65. The van der Waals surface area contributed by atoms with Gasteiger partial charge in [0.15, 0.2) is 0 Å². The van der Waals surface area contributed by atoms with Crippen molar-refractivity contribution in [1.29, 1.82) is 0 Å². The van der Waals surface area contributed by atoms with Crippen molar-refractivity contribution in [2.75, 3.05) is 13.2 Å². The Labute approximate surface area is 94.7 Å². The number of rotatable bonds is 5. The summed E-state index contributed by atoms with van der Waals surface area (Å²) in [5, 5.41) is 9.75. The third-order valence-corrected chi connectivity index (χ3v) is 2.41. The Morgan fingerprint density at radius 3 is 2.88 bits per heavy atom. The Hall–Kier alpha value is -1.61. The minimum atomic E-state index is 0.219. The Morgan fingerprint density at radius 1 is 1.12 bits per heavy atom. The fourth-order valence-electron chi connectivity index (χ4n) is 1.59.